The van der Waals surface area contributed by atoms with Crippen LogP contribution < -0.4 is 0 Å². The summed E-state index contributed by atoms with van der Waals surface area (Å²) in [5.41, 5.74) is 2.19. The number of hydrogen-bond acceptors (Lipinski definition) is 5. The predicted molar refractivity (Wildman–Crippen MR) is 97.1 cm³/mol. The van der Waals surface area contributed by atoms with Crippen molar-refractivity contribution in [2.45, 2.75) is 18.6 Å². The van der Waals surface area contributed by atoms with Crippen molar-refractivity contribution in [3.8, 4) is 11.4 Å². The minimum absolute atomic E-state index is 0.0153. The molecule has 0 fully saturated rings. The van der Waals surface area contributed by atoms with Crippen LogP contribution in [0, 0.1) is 6.92 Å². The molecule has 1 aromatic carbocycles. The SMILES string of the molecule is Cc1cccc(-c2nnc(SCC(=O)N(C)Cc3ccco3)n2C)c1. The largest absolute Gasteiger partial charge is 0.467 e. The van der Waals surface area contributed by atoms with Gasteiger partial charge in [0.1, 0.15) is 5.76 Å². The molecule has 3 rings (SSSR count). The molecule has 0 bridgehead atoms. The van der Waals surface area contributed by atoms with Gasteiger partial charge in [-0.2, -0.15) is 0 Å². The number of carbonyl (C=O) groups is 1. The highest BCUT2D eigenvalue weighted by molar-refractivity contribution is 7.99. The predicted octanol–water partition coefficient (Wildman–Crippen LogP) is 3.13. The first-order chi connectivity index (χ1) is 12.0. The highest BCUT2D eigenvalue weighted by Gasteiger charge is 2.15. The van der Waals surface area contributed by atoms with Crippen molar-refractivity contribution < 1.29 is 9.21 Å². The summed E-state index contributed by atoms with van der Waals surface area (Å²) in [6.45, 7) is 2.50. The molecule has 0 spiro atoms. The Morgan fingerprint density at radius 1 is 1.28 bits per heavy atom. The topological polar surface area (TPSA) is 64.2 Å². The highest BCUT2D eigenvalue weighted by Crippen LogP contribution is 2.23. The van der Waals surface area contributed by atoms with E-state index in [0.29, 0.717) is 12.3 Å². The maximum Gasteiger partial charge on any atom is 0.233 e. The minimum Gasteiger partial charge on any atom is -0.467 e. The van der Waals surface area contributed by atoms with Gasteiger partial charge in [0.05, 0.1) is 18.6 Å². The average molecular weight is 356 g/mol. The van der Waals surface area contributed by atoms with E-state index in [2.05, 4.69) is 16.3 Å². The Kier molecular flexibility index (Phi) is 5.23. The minimum atomic E-state index is 0.0153. The van der Waals surface area contributed by atoms with Crippen LogP contribution in [0.2, 0.25) is 0 Å². The van der Waals surface area contributed by atoms with Gasteiger partial charge < -0.3 is 13.9 Å². The summed E-state index contributed by atoms with van der Waals surface area (Å²) in [5, 5.41) is 9.20. The molecule has 0 unspecified atom stereocenters. The van der Waals surface area contributed by atoms with Crippen molar-refractivity contribution in [1.82, 2.24) is 19.7 Å². The van der Waals surface area contributed by atoms with Crippen molar-refractivity contribution in [2.75, 3.05) is 12.8 Å². The molecular formula is C18H20N4O2S. The first-order valence-electron chi connectivity index (χ1n) is 7.90. The Hall–Kier alpha value is -2.54. The number of thioether (sulfide) groups is 1. The van der Waals surface area contributed by atoms with E-state index in [1.165, 1.54) is 17.3 Å². The Bertz CT molecular complexity index is 858. The summed E-state index contributed by atoms with van der Waals surface area (Å²) in [6.07, 6.45) is 1.61. The first kappa shape index (κ1) is 17.3. The third-order valence-corrected chi connectivity index (χ3v) is 4.84. The van der Waals surface area contributed by atoms with E-state index in [9.17, 15) is 4.79 Å². The van der Waals surface area contributed by atoms with E-state index >= 15 is 0 Å². The zero-order valence-corrected chi connectivity index (χ0v) is 15.3. The van der Waals surface area contributed by atoms with E-state index in [0.717, 1.165) is 22.3 Å². The third-order valence-electron chi connectivity index (χ3n) is 3.83. The lowest BCUT2D eigenvalue weighted by Gasteiger charge is -2.15. The van der Waals surface area contributed by atoms with Gasteiger partial charge in [-0.3, -0.25) is 4.79 Å². The van der Waals surface area contributed by atoms with Gasteiger partial charge >= 0.3 is 0 Å². The number of furan rings is 1. The lowest BCUT2D eigenvalue weighted by Crippen LogP contribution is -2.27. The van der Waals surface area contributed by atoms with Gasteiger partial charge in [0, 0.05) is 19.7 Å². The van der Waals surface area contributed by atoms with E-state index in [1.54, 1.807) is 18.2 Å². The Balaban J connectivity index is 1.63. The van der Waals surface area contributed by atoms with E-state index in [4.69, 9.17) is 4.42 Å². The van der Waals surface area contributed by atoms with Crippen molar-refractivity contribution in [3.63, 3.8) is 0 Å². The molecule has 3 aromatic rings. The van der Waals surface area contributed by atoms with Gasteiger partial charge in [0.15, 0.2) is 11.0 Å². The van der Waals surface area contributed by atoms with Crippen molar-refractivity contribution in [2.24, 2.45) is 7.05 Å². The van der Waals surface area contributed by atoms with E-state index in [1.807, 2.05) is 48.9 Å². The monoisotopic (exact) mass is 356 g/mol. The molecule has 0 saturated carbocycles. The smallest absolute Gasteiger partial charge is 0.233 e. The third kappa shape index (κ3) is 4.11. The highest BCUT2D eigenvalue weighted by atomic mass is 32.2. The number of nitrogens with zero attached hydrogens (tertiary/aromatic N) is 4. The molecule has 0 radical (unpaired) electrons. The molecule has 0 saturated heterocycles. The van der Waals surface area contributed by atoms with Gasteiger partial charge in [0.2, 0.25) is 5.91 Å². The average Bonchev–Trinajstić information content (AvgIpc) is 3.22. The second-order valence-corrected chi connectivity index (χ2v) is 6.80. The number of aromatic nitrogens is 3. The van der Waals surface area contributed by atoms with Gasteiger partial charge in [-0.1, -0.05) is 35.5 Å². The molecule has 1 amide bonds. The normalized spacial score (nSPS) is 10.8. The van der Waals surface area contributed by atoms with Crippen molar-refractivity contribution in [1.29, 1.82) is 0 Å². The molecular weight excluding hydrogens is 336 g/mol. The molecule has 2 aromatic heterocycles. The Morgan fingerprint density at radius 3 is 2.84 bits per heavy atom. The van der Waals surface area contributed by atoms with Gasteiger partial charge in [-0.15, -0.1) is 10.2 Å². The standard InChI is InChI=1S/C18H20N4O2S/c1-13-6-4-7-14(10-13)17-19-20-18(22(17)3)25-12-16(23)21(2)11-15-8-5-9-24-15/h4-10H,11-12H2,1-3H3. The van der Waals surface area contributed by atoms with E-state index < -0.39 is 0 Å². The number of hydrogen-bond donors (Lipinski definition) is 0. The molecule has 7 heteroatoms. The van der Waals surface area contributed by atoms with Crippen molar-refractivity contribution >= 4 is 17.7 Å². The summed E-state index contributed by atoms with van der Waals surface area (Å²) in [6, 6.07) is 11.8. The van der Waals surface area contributed by atoms with Crippen LogP contribution in [0.1, 0.15) is 11.3 Å². The Morgan fingerprint density at radius 2 is 2.12 bits per heavy atom. The first-order valence-corrected chi connectivity index (χ1v) is 8.88. The molecule has 0 aliphatic rings. The fourth-order valence-corrected chi connectivity index (χ4v) is 3.29. The number of aryl methyl sites for hydroxylation is 1. The van der Waals surface area contributed by atoms with Crippen LogP contribution in [0.5, 0.6) is 0 Å². The van der Waals surface area contributed by atoms with Crippen LogP contribution in [0.4, 0.5) is 0 Å². The molecule has 130 valence electrons. The fraction of sp³-hybridized carbons (Fsp3) is 0.278. The lowest BCUT2D eigenvalue weighted by molar-refractivity contribution is -0.127. The maximum atomic E-state index is 12.3. The summed E-state index contributed by atoms with van der Waals surface area (Å²) in [5.74, 6) is 1.88. The molecule has 0 atom stereocenters. The fourth-order valence-electron chi connectivity index (χ4n) is 2.44. The van der Waals surface area contributed by atoms with E-state index in [-0.39, 0.29) is 5.91 Å². The summed E-state index contributed by atoms with van der Waals surface area (Å²) in [4.78, 5) is 13.9. The van der Waals surface area contributed by atoms with Crippen LogP contribution in [0.3, 0.4) is 0 Å². The number of carbonyl (C=O) groups excluding carboxylic acids is 1. The molecule has 0 N–H and O–H groups in total. The lowest BCUT2D eigenvalue weighted by atomic mass is 10.1. The van der Waals surface area contributed by atoms with Crippen LogP contribution in [0.15, 0.2) is 52.2 Å². The van der Waals surface area contributed by atoms with Crippen LogP contribution in [0.25, 0.3) is 11.4 Å². The number of amides is 1. The van der Waals surface area contributed by atoms with Crippen molar-refractivity contribution in [3.05, 3.63) is 54.0 Å². The quantitative estimate of drug-likeness (QED) is 0.635. The summed E-state index contributed by atoms with van der Waals surface area (Å²) >= 11 is 1.38. The molecule has 6 nitrogen and oxygen atoms in total. The number of benzene rings is 1. The zero-order valence-electron chi connectivity index (χ0n) is 14.5. The maximum absolute atomic E-state index is 12.3. The summed E-state index contributed by atoms with van der Waals surface area (Å²) in [7, 11) is 3.68. The summed E-state index contributed by atoms with van der Waals surface area (Å²) < 4.78 is 7.19. The van der Waals surface area contributed by atoms with Gasteiger partial charge in [-0.25, -0.2) is 0 Å². The molecule has 0 aliphatic heterocycles. The van der Waals surface area contributed by atoms with Gasteiger partial charge in [-0.05, 0) is 25.1 Å². The second kappa shape index (κ2) is 7.57. The second-order valence-electron chi connectivity index (χ2n) is 5.85. The molecule has 2 heterocycles. The zero-order chi connectivity index (χ0) is 17.8. The molecule has 25 heavy (non-hydrogen) atoms. The van der Waals surface area contributed by atoms with Gasteiger partial charge in [0.25, 0.3) is 0 Å². The van der Waals surface area contributed by atoms with Crippen LogP contribution in [-0.4, -0.2) is 38.4 Å². The van der Waals surface area contributed by atoms with Crippen LogP contribution >= 0.6 is 11.8 Å². The van der Waals surface area contributed by atoms with Crippen LogP contribution in [-0.2, 0) is 18.4 Å². The molecule has 0 aliphatic carbocycles. The Labute approximate surface area is 150 Å². The number of rotatable bonds is 6.